The molecule has 8 nitrogen and oxygen atoms in total. The molecule has 0 atom stereocenters. The minimum atomic E-state index is -3.64. The fourth-order valence-corrected chi connectivity index (χ4v) is 4.96. The third kappa shape index (κ3) is 5.10. The van der Waals surface area contributed by atoms with Crippen molar-refractivity contribution in [1.29, 1.82) is 0 Å². The number of nitrogens with zero attached hydrogens (tertiary/aromatic N) is 5. The van der Waals surface area contributed by atoms with Gasteiger partial charge in [-0.15, -0.1) is 0 Å². The summed E-state index contributed by atoms with van der Waals surface area (Å²) in [7, 11) is -2.10. The minimum Gasteiger partial charge on any atom is -0.353 e. The van der Waals surface area contributed by atoms with Crippen molar-refractivity contribution in [3.63, 3.8) is 0 Å². The number of amides is 1. The van der Waals surface area contributed by atoms with Crippen LogP contribution in [0.2, 0.25) is 0 Å². The highest BCUT2D eigenvalue weighted by molar-refractivity contribution is 7.89. The van der Waals surface area contributed by atoms with Crippen LogP contribution in [0.1, 0.15) is 55.5 Å². The fraction of sp³-hybridized carbons (Fsp3) is 0.522. The van der Waals surface area contributed by atoms with Gasteiger partial charge in [0.2, 0.25) is 10.0 Å². The summed E-state index contributed by atoms with van der Waals surface area (Å²) in [6.07, 6.45) is 0. The van der Waals surface area contributed by atoms with Gasteiger partial charge in [0, 0.05) is 62.5 Å². The summed E-state index contributed by atoms with van der Waals surface area (Å²) in [5, 5.41) is 0. The van der Waals surface area contributed by atoms with Gasteiger partial charge >= 0.3 is 0 Å². The van der Waals surface area contributed by atoms with Crippen LogP contribution in [0, 0.1) is 6.92 Å². The molecule has 174 valence electrons. The lowest BCUT2D eigenvalue weighted by Gasteiger charge is -2.35. The maximum atomic E-state index is 13.1. The molecule has 1 fully saturated rings. The average Bonchev–Trinajstić information content (AvgIpc) is 2.77. The smallest absolute Gasteiger partial charge is 0.254 e. The summed E-state index contributed by atoms with van der Waals surface area (Å²) < 4.78 is 26.9. The van der Waals surface area contributed by atoms with E-state index in [1.165, 1.54) is 16.4 Å². The molecule has 0 bridgehead atoms. The van der Waals surface area contributed by atoms with Crippen LogP contribution in [0.5, 0.6) is 0 Å². The van der Waals surface area contributed by atoms with E-state index in [2.05, 4.69) is 23.7 Å². The lowest BCUT2D eigenvalue weighted by molar-refractivity contribution is 0.0746. The zero-order valence-electron chi connectivity index (χ0n) is 19.7. The Hall–Kier alpha value is -2.52. The molecular formula is C23H33N5O3S. The number of carbonyl (C=O) groups is 1. The number of piperazine rings is 1. The summed E-state index contributed by atoms with van der Waals surface area (Å²) in [5.74, 6) is 1.80. The van der Waals surface area contributed by atoms with Gasteiger partial charge in [-0.2, -0.15) is 4.31 Å². The molecule has 1 aromatic heterocycles. The second-order valence-electron chi connectivity index (χ2n) is 8.80. The van der Waals surface area contributed by atoms with Crippen molar-refractivity contribution in [3.8, 4) is 0 Å². The van der Waals surface area contributed by atoms with Crippen LogP contribution in [-0.2, 0) is 10.0 Å². The van der Waals surface area contributed by atoms with Crippen LogP contribution >= 0.6 is 0 Å². The molecule has 0 aliphatic carbocycles. The highest BCUT2D eigenvalue weighted by Crippen LogP contribution is 2.21. The second kappa shape index (κ2) is 9.54. The molecule has 3 rings (SSSR count). The third-order valence-electron chi connectivity index (χ3n) is 5.75. The van der Waals surface area contributed by atoms with Crippen molar-refractivity contribution >= 4 is 21.7 Å². The maximum absolute atomic E-state index is 13.1. The first-order valence-corrected chi connectivity index (χ1v) is 12.4. The van der Waals surface area contributed by atoms with E-state index in [4.69, 9.17) is 4.98 Å². The van der Waals surface area contributed by atoms with E-state index >= 15 is 0 Å². The Labute approximate surface area is 191 Å². The number of carbonyl (C=O) groups excluding carboxylic acids is 1. The molecule has 1 saturated heterocycles. The first-order chi connectivity index (χ1) is 15.0. The molecular weight excluding hydrogens is 426 g/mol. The normalized spacial score (nSPS) is 15.2. The number of benzene rings is 1. The van der Waals surface area contributed by atoms with Crippen molar-refractivity contribution in [2.45, 2.75) is 51.5 Å². The van der Waals surface area contributed by atoms with Crippen LogP contribution in [0.4, 0.5) is 5.82 Å². The third-order valence-corrected chi connectivity index (χ3v) is 7.78. The topological polar surface area (TPSA) is 86.7 Å². The molecule has 1 aliphatic heterocycles. The number of hydrogen-bond acceptors (Lipinski definition) is 6. The predicted octanol–water partition coefficient (Wildman–Crippen LogP) is 2.90. The Morgan fingerprint density at radius 1 is 1.03 bits per heavy atom. The van der Waals surface area contributed by atoms with Gasteiger partial charge in [0.15, 0.2) is 0 Å². The predicted molar refractivity (Wildman–Crippen MR) is 126 cm³/mol. The Kier molecular flexibility index (Phi) is 7.19. The highest BCUT2D eigenvalue weighted by Gasteiger charge is 2.27. The van der Waals surface area contributed by atoms with E-state index in [0.29, 0.717) is 31.7 Å². The standard InChI is InChI=1S/C23H33N5O3S/c1-16(2)22-24-18(5)14-21(25-22)27-10-12-28(13-11-27)23(29)19-8-7-9-20(15-19)32(30,31)26(6)17(3)4/h7-9,14-17H,10-13H2,1-6H3. The molecule has 1 amide bonds. The van der Waals surface area contributed by atoms with Crippen molar-refractivity contribution in [1.82, 2.24) is 19.2 Å². The van der Waals surface area contributed by atoms with Gasteiger partial charge in [0.1, 0.15) is 11.6 Å². The maximum Gasteiger partial charge on any atom is 0.254 e. The number of sulfonamides is 1. The van der Waals surface area contributed by atoms with Crippen molar-refractivity contribution in [2.75, 3.05) is 38.1 Å². The largest absolute Gasteiger partial charge is 0.353 e. The molecule has 0 unspecified atom stereocenters. The molecule has 32 heavy (non-hydrogen) atoms. The summed E-state index contributed by atoms with van der Waals surface area (Å²) in [5.41, 5.74) is 1.32. The van der Waals surface area contributed by atoms with Gasteiger partial charge in [-0.25, -0.2) is 18.4 Å². The Balaban J connectivity index is 1.73. The quantitative estimate of drug-likeness (QED) is 0.660. The van der Waals surface area contributed by atoms with E-state index in [1.54, 1.807) is 24.1 Å². The summed E-state index contributed by atoms with van der Waals surface area (Å²) >= 11 is 0. The van der Waals surface area contributed by atoms with Gasteiger partial charge in [-0.3, -0.25) is 4.79 Å². The SMILES string of the molecule is Cc1cc(N2CCN(C(=O)c3cccc(S(=O)(=O)N(C)C(C)C)c3)CC2)nc(C(C)C)n1. The molecule has 0 radical (unpaired) electrons. The first-order valence-electron chi connectivity index (χ1n) is 11.0. The van der Waals surface area contributed by atoms with E-state index < -0.39 is 10.0 Å². The number of rotatable bonds is 6. The monoisotopic (exact) mass is 459 g/mol. The van der Waals surface area contributed by atoms with Crippen LogP contribution in [0.25, 0.3) is 0 Å². The molecule has 1 aliphatic rings. The van der Waals surface area contributed by atoms with Crippen molar-refractivity contribution in [3.05, 3.63) is 47.4 Å². The lowest BCUT2D eigenvalue weighted by Crippen LogP contribution is -2.49. The van der Waals surface area contributed by atoms with Gasteiger partial charge in [0.05, 0.1) is 4.90 Å². The average molecular weight is 460 g/mol. The number of anilines is 1. The van der Waals surface area contributed by atoms with E-state index in [1.807, 2.05) is 26.8 Å². The van der Waals surface area contributed by atoms with Crippen LogP contribution in [-0.4, -0.2) is 72.8 Å². The van der Waals surface area contributed by atoms with Gasteiger partial charge < -0.3 is 9.80 Å². The molecule has 1 aromatic carbocycles. The Morgan fingerprint density at radius 3 is 2.28 bits per heavy atom. The van der Waals surface area contributed by atoms with Gasteiger partial charge in [-0.05, 0) is 39.0 Å². The fourth-order valence-electron chi connectivity index (χ4n) is 3.55. The molecule has 2 heterocycles. The molecule has 0 spiro atoms. The van der Waals surface area contributed by atoms with Crippen molar-refractivity contribution in [2.24, 2.45) is 0 Å². The van der Waals surface area contributed by atoms with Gasteiger partial charge in [-0.1, -0.05) is 19.9 Å². The lowest BCUT2D eigenvalue weighted by atomic mass is 10.1. The zero-order chi connectivity index (χ0) is 23.6. The van der Waals surface area contributed by atoms with Gasteiger partial charge in [0.25, 0.3) is 5.91 Å². The summed E-state index contributed by atoms with van der Waals surface area (Å²) in [4.78, 5) is 26.4. The van der Waals surface area contributed by atoms with E-state index in [-0.39, 0.29) is 22.8 Å². The number of aryl methyl sites for hydroxylation is 1. The Morgan fingerprint density at radius 2 is 1.69 bits per heavy atom. The number of hydrogen-bond donors (Lipinski definition) is 0. The van der Waals surface area contributed by atoms with E-state index in [0.717, 1.165) is 17.3 Å². The summed E-state index contributed by atoms with van der Waals surface area (Å²) in [6.45, 7) is 12.1. The van der Waals surface area contributed by atoms with Crippen LogP contribution < -0.4 is 4.90 Å². The molecule has 2 aromatic rings. The molecule has 0 N–H and O–H groups in total. The molecule has 9 heteroatoms. The zero-order valence-corrected chi connectivity index (χ0v) is 20.6. The van der Waals surface area contributed by atoms with E-state index in [9.17, 15) is 13.2 Å². The first kappa shape index (κ1) is 24.1. The van der Waals surface area contributed by atoms with Crippen LogP contribution in [0.3, 0.4) is 0 Å². The van der Waals surface area contributed by atoms with Crippen LogP contribution in [0.15, 0.2) is 35.2 Å². The Bertz CT molecular complexity index is 1080. The summed E-state index contributed by atoms with van der Waals surface area (Å²) in [6, 6.07) is 8.11. The van der Waals surface area contributed by atoms with Crippen molar-refractivity contribution < 1.29 is 13.2 Å². The minimum absolute atomic E-state index is 0.135. The molecule has 0 saturated carbocycles. The number of aromatic nitrogens is 2. The second-order valence-corrected chi connectivity index (χ2v) is 10.8. The highest BCUT2D eigenvalue weighted by atomic mass is 32.2.